The summed E-state index contributed by atoms with van der Waals surface area (Å²) in [6, 6.07) is 13.3. The van der Waals surface area contributed by atoms with Gasteiger partial charge in [-0.25, -0.2) is 0 Å². The van der Waals surface area contributed by atoms with Crippen LogP contribution in [0.1, 0.15) is 33.7 Å². The van der Waals surface area contributed by atoms with Gasteiger partial charge in [-0.05, 0) is 68.1 Å². The third-order valence-corrected chi connectivity index (χ3v) is 4.43. The summed E-state index contributed by atoms with van der Waals surface area (Å²) in [4.78, 5) is 2.14. The Kier molecular flexibility index (Phi) is 5.25. The standard InChI is InChI=1S/C20H28N2/c1-14-9-15(2)20(16(3)10-14)12-18(13-21)17-7-6-8-19(11-17)22(4)5/h6-11,18H,12-13,21H2,1-5H3. The first-order valence-electron chi connectivity index (χ1n) is 7.96. The van der Waals surface area contributed by atoms with Crippen LogP contribution in [0.3, 0.4) is 0 Å². The van der Waals surface area contributed by atoms with Crippen LogP contribution in [0.5, 0.6) is 0 Å². The first kappa shape index (κ1) is 16.6. The van der Waals surface area contributed by atoms with Crippen LogP contribution in [-0.2, 0) is 6.42 Å². The Morgan fingerprint density at radius 1 is 1.00 bits per heavy atom. The lowest BCUT2D eigenvalue weighted by Gasteiger charge is -2.21. The molecule has 0 fully saturated rings. The summed E-state index contributed by atoms with van der Waals surface area (Å²) in [5, 5.41) is 0. The van der Waals surface area contributed by atoms with Crippen molar-refractivity contribution in [3.8, 4) is 0 Å². The first-order chi connectivity index (χ1) is 10.4. The van der Waals surface area contributed by atoms with Crippen LogP contribution in [0.2, 0.25) is 0 Å². The van der Waals surface area contributed by atoms with Gasteiger partial charge in [-0.2, -0.15) is 0 Å². The molecular formula is C20H28N2. The van der Waals surface area contributed by atoms with Crippen molar-refractivity contribution >= 4 is 5.69 Å². The Morgan fingerprint density at radius 2 is 1.64 bits per heavy atom. The molecule has 2 aromatic carbocycles. The van der Waals surface area contributed by atoms with Gasteiger partial charge in [0.25, 0.3) is 0 Å². The molecule has 2 rings (SSSR count). The lowest BCUT2D eigenvalue weighted by molar-refractivity contribution is 0.689. The minimum Gasteiger partial charge on any atom is -0.378 e. The molecule has 1 unspecified atom stereocenters. The minimum atomic E-state index is 0.361. The molecule has 2 nitrogen and oxygen atoms in total. The van der Waals surface area contributed by atoms with E-state index in [1.807, 2.05) is 0 Å². The van der Waals surface area contributed by atoms with Gasteiger partial charge in [-0.15, -0.1) is 0 Å². The van der Waals surface area contributed by atoms with Crippen molar-refractivity contribution < 1.29 is 0 Å². The smallest absolute Gasteiger partial charge is 0.0363 e. The van der Waals surface area contributed by atoms with Crippen molar-refractivity contribution in [3.05, 3.63) is 64.2 Å². The van der Waals surface area contributed by atoms with Crippen LogP contribution in [0.4, 0.5) is 5.69 Å². The summed E-state index contributed by atoms with van der Waals surface area (Å²) in [6.45, 7) is 7.24. The molecule has 0 amide bonds. The average molecular weight is 296 g/mol. The summed E-state index contributed by atoms with van der Waals surface area (Å²) in [6.07, 6.45) is 1.01. The van der Waals surface area contributed by atoms with E-state index in [0.29, 0.717) is 12.5 Å². The molecule has 0 saturated heterocycles. The number of hydrogen-bond acceptors (Lipinski definition) is 2. The lowest BCUT2D eigenvalue weighted by atomic mass is 9.87. The fraction of sp³-hybridized carbons (Fsp3) is 0.400. The molecule has 22 heavy (non-hydrogen) atoms. The predicted molar refractivity (Wildman–Crippen MR) is 96.9 cm³/mol. The van der Waals surface area contributed by atoms with E-state index in [0.717, 1.165) is 6.42 Å². The lowest BCUT2D eigenvalue weighted by Crippen LogP contribution is -2.17. The molecule has 2 N–H and O–H groups in total. The molecule has 0 saturated carbocycles. The number of rotatable bonds is 5. The molecule has 0 bridgehead atoms. The fourth-order valence-corrected chi connectivity index (χ4v) is 3.17. The predicted octanol–water partition coefficient (Wildman–Crippen LogP) is 3.96. The minimum absolute atomic E-state index is 0.361. The second kappa shape index (κ2) is 6.97. The largest absolute Gasteiger partial charge is 0.378 e. The van der Waals surface area contributed by atoms with E-state index in [4.69, 9.17) is 5.73 Å². The third-order valence-electron chi connectivity index (χ3n) is 4.43. The Balaban J connectivity index is 2.32. The van der Waals surface area contributed by atoms with Crippen LogP contribution >= 0.6 is 0 Å². The topological polar surface area (TPSA) is 29.3 Å². The highest BCUT2D eigenvalue weighted by atomic mass is 15.1. The summed E-state index contributed by atoms with van der Waals surface area (Å²) in [5.74, 6) is 0.361. The SMILES string of the molecule is Cc1cc(C)c(CC(CN)c2cccc(N(C)C)c2)c(C)c1. The number of benzene rings is 2. The van der Waals surface area contributed by atoms with Gasteiger partial charge >= 0.3 is 0 Å². The summed E-state index contributed by atoms with van der Waals surface area (Å²) in [5.41, 5.74) is 14.2. The number of nitrogens with zero attached hydrogens (tertiary/aromatic N) is 1. The molecule has 0 spiro atoms. The molecule has 118 valence electrons. The summed E-state index contributed by atoms with van der Waals surface area (Å²) < 4.78 is 0. The average Bonchev–Trinajstić information content (AvgIpc) is 2.46. The van der Waals surface area contributed by atoms with E-state index < -0.39 is 0 Å². The Labute approximate surface area is 135 Å². The third kappa shape index (κ3) is 3.69. The van der Waals surface area contributed by atoms with E-state index in [-0.39, 0.29) is 0 Å². The molecule has 0 heterocycles. The van der Waals surface area contributed by atoms with Gasteiger partial charge in [0.2, 0.25) is 0 Å². The zero-order chi connectivity index (χ0) is 16.3. The molecule has 0 aliphatic carbocycles. The van der Waals surface area contributed by atoms with Gasteiger partial charge < -0.3 is 10.6 Å². The van der Waals surface area contributed by atoms with E-state index >= 15 is 0 Å². The molecule has 0 radical (unpaired) electrons. The van der Waals surface area contributed by atoms with Crippen LogP contribution in [0, 0.1) is 20.8 Å². The van der Waals surface area contributed by atoms with E-state index in [2.05, 4.69) is 76.2 Å². The number of hydrogen-bond donors (Lipinski definition) is 1. The van der Waals surface area contributed by atoms with Crippen molar-refractivity contribution in [2.45, 2.75) is 33.1 Å². The quantitative estimate of drug-likeness (QED) is 0.905. The van der Waals surface area contributed by atoms with Gasteiger partial charge in [0.1, 0.15) is 0 Å². The number of anilines is 1. The van der Waals surface area contributed by atoms with Crippen LogP contribution in [-0.4, -0.2) is 20.6 Å². The molecular weight excluding hydrogens is 268 g/mol. The zero-order valence-corrected chi connectivity index (χ0v) is 14.5. The highest BCUT2D eigenvalue weighted by Crippen LogP contribution is 2.27. The molecule has 0 aliphatic heterocycles. The number of aryl methyl sites for hydroxylation is 3. The van der Waals surface area contributed by atoms with Crippen molar-refractivity contribution in [3.63, 3.8) is 0 Å². The van der Waals surface area contributed by atoms with Gasteiger partial charge in [0, 0.05) is 25.7 Å². The fourth-order valence-electron chi connectivity index (χ4n) is 3.17. The van der Waals surface area contributed by atoms with Crippen LogP contribution in [0.15, 0.2) is 36.4 Å². The first-order valence-corrected chi connectivity index (χ1v) is 7.96. The number of nitrogens with two attached hydrogens (primary N) is 1. The Bertz CT molecular complexity index is 621. The van der Waals surface area contributed by atoms with E-state index in [1.54, 1.807) is 0 Å². The van der Waals surface area contributed by atoms with Gasteiger partial charge in [0.05, 0.1) is 0 Å². The maximum Gasteiger partial charge on any atom is 0.0363 e. The van der Waals surface area contributed by atoms with Gasteiger partial charge in [-0.1, -0.05) is 29.8 Å². The van der Waals surface area contributed by atoms with Crippen molar-refractivity contribution in [2.24, 2.45) is 5.73 Å². The maximum absolute atomic E-state index is 6.10. The van der Waals surface area contributed by atoms with Crippen molar-refractivity contribution in [1.82, 2.24) is 0 Å². The van der Waals surface area contributed by atoms with Crippen molar-refractivity contribution in [2.75, 3.05) is 25.5 Å². The van der Waals surface area contributed by atoms with Crippen molar-refractivity contribution in [1.29, 1.82) is 0 Å². The van der Waals surface area contributed by atoms with Crippen LogP contribution < -0.4 is 10.6 Å². The van der Waals surface area contributed by atoms with E-state index in [9.17, 15) is 0 Å². The van der Waals surface area contributed by atoms with Gasteiger partial charge in [0.15, 0.2) is 0 Å². The van der Waals surface area contributed by atoms with Crippen LogP contribution in [0.25, 0.3) is 0 Å². The highest BCUT2D eigenvalue weighted by Gasteiger charge is 2.14. The molecule has 2 heteroatoms. The summed E-state index contributed by atoms with van der Waals surface area (Å²) >= 11 is 0. The van der Waals surface area contributed by atoms with Gasteiger partial charge in [-0.3, -0.25) is 0 Å². The maximum atomic E-state index is 6.10. The zero-order valence-electron chi connectivity index (χ0n) is 14.5. The van der Waals surface area contributed by atoms with E-state index in [1.165, 1.54) is 33.5 Å². The monoisotopic (exact) mass is 296 g/mol. The molecule has 0 aliphatic rings. The summed E-state index contributed by atoms with van der Waals surface area (Å²) in [7, 11) is 4.15. The highest BCUT2D eigenvalue weighted by molar-refractivity contribution is 5.48. The molecule has 0 aromatic heterocycles. The molecule has 2 aromatic rings. The second-order valence-electron chi connectivity index (χ2n) is 6.50. The normalized spacial score (nSPS) is 12.3. The Hall–Kier alpha value is -1.80. The molecule has 1 atom stereocenters. The second-order valence-corrected chi connectivity index (χ2v) is 6.50. The Morgan fingerprint density at radius 3 is 2.18 bits per heavy atom.